The number of aromatic nitrogens is 2. The summed E-state index contributed by atoms with van der Waals surface area (Å²) in [4.78, 5) is 4.08. The predicted molar refractivity (Wildman–Crippen MR) is 60.2 cm³/mol. The topological polar surface area (TPSA) is 44.2 Å². The van der Waals surface area contributed by atoms with Crippen molar-refractivity contribution in [2.24, 2.45) is 0 Å². The van der Waals surface area contributed by atoms with E-state index in [9.17, 15) is 0 Å². The minimum absolute atomic E-state index is 0.222. The van der Waals surface area contributed by atoms with Crippen LogP contribution in [0.4, 0.5) is 0 Å². The SMILES string of the molecule is Clc1nsc(C2COc3ccccc3O2)n1. The molecule has 6 heteroatoms. The molecule has 3 rings (SSSR count). The second-order valence-corrected chi connectivity index (χ2v) is 4.39. The lowest BCUT2D eigenvalue weighted by atomic mass is 10.3. The van der Waals surface area contributed by atoms with Crippen molar-refractivity contribution in [2.45, 2.75) is 6.10 Å². The van der Waals surface area contributed by atoms with Gasteiger partial charge in [0.1, 0.15) is 6.61 Å². The summed E-state index contributed by atoms with van der Waals surface area (Å²) in [6.07, 6.45) is -0.222. The molecule has 0 saturated carbocycles. The molecule has 0 radical (unpaired) electrons. The van der Waals surface area contributed by atoms with Crippen LogP contribution in [0.1, 0.15) is 11.1 Å². The van der Waals surface area contributed by atoms with E-state index < -0.39 is 0 Å². The number of hydrogen-bond donors (Lipinski definition) is 0. The van der Waals surface area contributed by atoms with E-state index in [1.807, 2.05) is 24.3 Å². The molecule has 0 saturated heterocycles. The number of para-hydroxylation sites is 2. The van der Waals surface area contributed by atoms with Gasteiger partial charge in [0.25, 0.3) is 0 Å². The Morgan fingerprint density at radius 3 is 2.88 bits per heavy atom. The maximum absolute atomic E-state index is 5.76. The molecular formula is C10H7ClN2O2S. The smallest absolute Gasteiger partial charge is 0.234 e. The maximum atomic E-state index is 5.76. The van der Waals surface area contributed by atoms with Gasteiger partial charge in [-0.05, 0) is 35.3 Å². The third-order valence-electron chi connectivity index (χ3n) is 2.20. The number of ether oxygens (including phenoxy) is 2. The summed E-state index contributed by atoms with van der Waals surface area (Å²) in [7, 11) is 0. The van der Waals surface area contributed by atoms with Gasteiger partial charge in [0.2, 0.25) is 5.28 Å². The average Bonchev–Trinajstić information content (AvgIpc) is 2.75. The zero-order valence-electron chi connectivity index (χ0n) is 8.09. The van der Waals surface area contributed by atoms with Crippen LogP contribution in [-0.4, -0.2) is 16.0 Å². The summed E-state index contributed by atoms with van der Waals surface area (Å²) >= 11 is 6.90. The standard InChI is InChI=1S/C10H7ClN2O2S/c11-10-12-9(16-13-10)8-5-14-6-3-1-2-4-7(6)15-8/h1-4,8H,5H2. The molecule has 4 nitrogen and oxygen atoms in total. The number of fused-ring (bicyclic) bond motifs is 1. The molecule has 0 aliphatic carbocycles. The van der Waals surface area contributed by atoms with Crippen molar-refractivity contribution >= 4 is 23.1 Å². The summed E-state index contributed by atoms with van der Waals surface area (Å²) in [6, 6.07) is 7.55. The van der Waals surface area contributed by atoms with Crippen molar-refractivity contribution in [3.8, 4) is 11.5 Å². The van der Waals surface area contributed by atoms with Crippen LogP contribution in [0.3, 0.4) is 0 Å². The second-order valence-electron chi connectivity index (χ2n) is 3.27. The van der Waals surface area contributed by atoms with Crippen LogP contribution in [0.2, 0.25) is 5.28 Å². The van der Waals surface area contributed by atoms with Crippen LogP contribution in [0.5, 0.6) is 11.5 Å². The number of halogens is 1. The molecule has 0 fully saturated rings. The highest BCUT2D eigenvalue weighted by molar-refractivity contribution is 7.05. The van der Waals surface area contributed by atoms with Crippen LogP contribution < -0.4 is 9.47 Å². The molecule has 0 N–H and O–H groups in total. The largest absolute Gasteiger partial charge is 0.485 e. The Hall–Kier alpha value is -1.33. The molecular weight excluding hydrogens is 248 g/mol. The van der Waals surface area contributed by atoms with Crippen LogP contribution >= 0.6 is 23.1 Å². The number of rotatable bonds is 1. The first-order valence-electron chi connectivity index (χ1n) is 4.70. The van der Waals surface area contributed by atoms with Gasteiger partial charge in [-0.25, -0.2) is 4.98 Å². The minimum Gasteiger partial charge on any atom is -0.485 e. The van der Waals surface area contributed by atoms with Gasteiger partial charge >= 0.3 is 0 Å². The zero-order valence-corrected chi connectivity index (χ0v) is 9.66. The van der Waals surface area contributed by atoms with Crippen molar-refractivity contribution in [1.82, 2.24) is 9.36 Å². The van der Waals surface area contributed by atoms with E-state index in [0.29, 0.717) is 6.61 Å². The predicted octanol–water partition coefficient (Wildman–Crippen LogP) is 2.70. The van der Waals surface area contributed by atoms with Gasteiger partial charge in [-0.3, -0.25) is 0 Å². The van der Waals surface area contributed by atoms with Crippen LogP contribution in [0.25, 0.3) is 0 Å². The van der Waals surface area contributed by atoms with E-state index in [-0.39, 0.29) is 11.4 Å². The molecule has 1 aromatic heterocycles. The first kappa shape index (κ1) is 9.86. The van der Waals surface area contributed by atoms with Gasteiger partial charge in [-0.1, -0.05) is 12.1 Å². The Labute approximate surface area is 101 Å². The highest BCUT2D eigenvalue weighted by Crippen LogP contribution is 2.36. The van der Waals surface area contributed by atoms with Crippen LogP contribution in [0.15, 0.2) is 24.3 Å². The first-order valence-corrected chi connectivity index (χ1v) is 5.85. The normalized spacial score (nSPS) is 18.4. The molecule has 1 unspecified atom stereocenters. The van der Waals surface area contributed by atoms with E-state index in [0.717, 1.165) is 16.5 Å². The molecule has 82 valence electrons. The van der Waals surface area contributed by atoms with Crippen LogP contribution in [-0.2, 0) is 0 Å². The lowest BCUT2D eigenvalue weighted by molar-refractivity contribution is 0.0911. The van der Waals surface area contributed by atoms with E-state index in [1.165, 1.54) is 11.5 Å². The van der Waals surface area contributed by atoms with Gasteiger partial charge in [-0.15, -0.1) is 0 Å². The van der Waals surface area contributed by atoms with Crippen molar-refractivity contribution < 1.29 is 9.47 Å². The fourth-order valence-corrected chi connectivity index (χ4v) is 2.30. The highest BCUT2D eigenvalue weighted by atomic mass is 35.5. The maximum Gasteiger partial charge on any atom is 0.234 e. The zero-order chi connectivity index (χ0) is 11.0. The third kappa shape index (κ3) is 1.72. The van der Waals surface area contributed by atoms with E-state index in [2.05, 4.69) is 9.36 Å². The van der Waals surface area contributed by atoms with E-state index in [1.54, 1.807) is 0 Å². The molecule has 0 spiro atoms. The molecule has 0 bridgehead atoms. The summed E-state index contributed by atoms with van der Waals surface area (Å²) in [5.41, 5.74) is 0. The first-order chi connectivity index (χ1) is 7.83. The van der Waals surface area contributed by atoms with Crippen molar-refractivity contribution in [2.75, 3.05) is 6.61 Å². The Morgan fingerprint density at radius 2 is 2.12 bits per heavy atom. The summed E-state index contributed by atoms with van der Waals surface area (Å²) in [5.74, 6) is 1.49. The third-order valence-corrected chi connectivity index (χ3v) is 3.28. The summed E-state index contributed by atoms with van der Waals surface area (Å²) < 4.78 is 15.2. The van der Waals surface area contributed by atoms with E-state index >= 15 is 0 Å². The number of benzene rings is 1. The number of nitrogens with zero attached hydrogens (tertiary/aromatic N) is 2. The Balaban J connectivity index is 1.88. The monoisotopic (exact) mass is 254 g/mol. The molecule has 16 heavy (non-hydrogen) atoms. The fourth-order valence-electron chi connectivity index (χ4n) is 1.49. The van der Waals surface area contributed by atoms with Crippen molar-refractivity contribution in [3.05, 3.63) is 34.6 Å². The Bertz CT molecular complexity index is 517. The minimum atomic E-state index is -0.222. The lowest BCUT2D eigenvalue weighted by Gasteiger charge is -2.24. The van der Waals surface area contributed by atoms with Crippen molar-refractivity contribution in [1.29, 1.82) is 0 Å². The van der Waals surface area contributed by atoms with Crippen molar-refractivity contribution in [3.63, 3.8) is 0 Å². The van der Waals surface area contributed by atoms with Gasteiger partial charge in [0, 0.05) is 0 Å². The molecule has 1 aliphatic rings. The molecule has 1 aromatic carbocycles. The quantitative estimate of drug-likeness (QED) is 0.785. The molecule has 0 amide bonds. The summed E-state index contributed by atoms with van der Waals surface area (Å²) in [6.45, 7) is 0.433. The highest BCUT2D eigenvalue weighted by Gasteiger charge is 2.25. The average molecular weight is 255 g/mol. The van der Waals surface area contributed by atoms with Gasteiger partial charge in [0.05, 0.1) is 0 Å². The number of hydrogen-bond acceptors (Lipinski definition) is 5. The fraction of sp³-hybridized carbons (Fsp3) is 0.200. The molecule has 2 aromatic rings. The van der Waals surface area contributed by atoms with Gasteiger partial charge < -0.3 is 9.47 Å². The lowest BCUT2D eigenvalue weighted by Crippen LogP contribution is -2.21. The summed E-state index contributed by atoms with van der Waals surface area (Å²) in [5, 5.41) is 0.988. The molecule has 1 atom stereocenters. The van der Waals surface area contributed by atoms with Crippen LogP contribution in [0, 0.1) is 0 Å². The van der Waals surface area contributed by atoms with E-state index in [4.69, 9.17) is 21.1 Å². The van der Waals surface area contributed by atoms with Gasteiger partial charge in [0.15, 0.2) is 22.6 Å². The van der Waals surface area contributed by atoms with Gasteiger partial charge in [-0.2, -0.15) is 4.37 Å². The Kier molecular flexibility index (Phi) is 2.41. The second kappa shape index (κ2) is 3.92. The molecule has 2 heterocycles. The molecule has 1 aliphatic heterocycles. The Morgan fingerprint density at radius 1 is 1.31 bits per heavy atom.